The molecule has 0 saturated heterocycles. The molecule has 0 aliphatic rings. The van der Waals surface area contributed by atoms with E-state index in [0.717, 1.165) is 6.54 Å². The van der Waals surface area contributed by atoms with E-state index in [0.29, 0.717) is 12.1 Å². The van der Waals surface area contributed by atoms with Gasteiger partial charge in [0.2, 0.25) is 0 Å². The molecule has 0 spiro atoms. The van der Waals surface area contributed by atoms with Crippen LogP contribution in [0.4, 0.5) is 0 Å². The molecule has 15 heavy (non-hydrogen) atoms. The van der Waals surface area contributed by atoms with Gasteiger partial charge in [-0.05, 0) is 39.3 Å². The molecule has 1 N–H and O–H groups in total. The van der Waals surface area contributed by atoms with E-state index in [9.17, 15) is 0 Å². The molecule has 86 valence electrons. The molecule has 1 rings (SSSR count). The Balaban J connectivity index is 2.42. The number of aromatic nitrogens is 2. The van der Waals surface area contributed by atoms with Crippen LogP contribution in [0.3, 0.4) is 0 Å². The van der Waals surface area contributed by atoms with Gasteiger partial charge in [0.25, 0.3) is 0 Å². The Morgan fingerprint density at radius 2 is 2.20 bits per heavy atom. The van der Waals surface area contributed by atoms with Crippen molar-refractivity contribution >= 4 is 0 Å². The summed E-state index contributed by atoms with van der Waals surface area (Å²) in [4.78, 5) is 0. The number of hydrogen-bond donors (Lipinski definition) is 1. The van der Waals surface area contributed by atoms with Gasteiger partial charge in [-0.2, -0.15) is 5.10 Å². The molecule has 0 aliphatic carbocycles. The lowest BCUT2D eigenvalue weighted by Crippen LogP contribution is -2.34. The highest BCUT2D eigenvalue weighted by Gasteiger charge is 2.13. The largest absolute Gasteiger partial charge is 0.312 e. The van der Waals surface area contributed by atoms with Gasteiger partial charge < -0.3 is 5.32 Å². The summed E-state index contributed by atoms with van der Waals surface area (Å²) in [5.74, 6) is 0. The SMILES string of the molecule is CCCCN[C@H](C)[C@H](C)n1cc(C)cn1. The fourth-order valence-electron chi connectivity index (χ4n) is 1.56. The monoisotopic (exact) mass is 209 g/mol. The van der Waals surface area contributed by atoms with E-state index in [2.05, 4.69) is 44.3 Å². The minimum absolute atomic E-state index is 0.413. The molecule has 0 bridgehead atoms. The van der Waals surface area contributed by atoms with Gasteiger partial charge in [-0.15, -0.1) is 0 Å². The van der Waals surface area contributed by atoms with Crippen molar-refractivity contribution in [2.45, 2.75) is 52.6 Å². The van der Waals surface area contributed by atoms with E-state index in [4.69, 9.17) is 0 Å². The number of nitrogens with zero attached hydrogens (tertiary/aromatic N) is 2. The minimum Gasteiger partial charge on any atom is -0.312 e. The highest BCUT2D eigenvalue weighted by molar-refractivity contribution is 5.00. The number of nitrogens with one attached hydrogen (secondary N) is 1. The van der Waals surface area contributed by atoms with E-state index < -0.39 is 0 Å². The van der Waals surface area contributed by atoms with Crippen LogP contribution in [0.1, 0.15) is 45.2 Å². The number of rotatable bonds is 6. The van der Waals surface area contributed by atoms with E-state index >= 15 is 0 Å². The molecule has 0 radical (unpaired) electrons. The quantitative estimate of drug-likeness (QED) is 0.730. The fourth-order valence-corrected chi connectivity index (χ4v) is 1.56. The van der Waals surface area contributed by atoms with Crippen LogP contribution in [0, 0.1) is 6.92 Å². The summed E-state index contributed by atoms with van der Waals surface area (Å²) in [7, 11) is 0. The molecular weight excluding hydrogens is 186 g/mol. The Kier molecular flexibility index (Phi) is 4.82. The zero-order valence-corrected chi connectivity index (χ0v) is 10.3. The Bertz CT molecular complexity index is 280. The number of unbranched alkanes of at least 4 members (excludes halogenated alkanes) is 1. The Morgan fingerprint density at radius 1 is 1.47 bits per heavy atom. The third-order valence-electron chi connectivity index (χ3n) is 2.87. The molecule has 3 heteroatoms. The van der Waals surface area contributed by atoms with E-state index in [-0.39, 0.29) is 0 Å². The van der Waals surface area contributed by atoms with Crippen molar-refractivity contribution in [2.24, 2.45) is 0 Å². The van der Waals surface area contributed by atoms with E-state index in [1.165, 1.54) is 18.4 Å². The maximum atomic E-state index is 4.34. The van der Waals surface area contributed by atoms with Crippen LogP contribution in [-0.4, -0.2) is 22.4 Å². The molecule has 3 nitrogen and oxygen atoms in total. The predicted molar refractivity (Wildman–Crippen MR) is 64.0 cm³/mol. The topological polar surface area (TPSA) is 29.9 Å². The molecule has 0 fully saturated rings. The molecule has 2 atom stereocenters. The van der Waals surface area contributed by atoms with Crippen molar-refractivity contribution in [3.8, 4) is 0 Å². The number of hydrogen-bond acceptors (Lipinski definition) is 2. The van der Waals surface area contributed by atoms with Crippen molar-refractivity contribution < 1.29 is 0 Å². The van der Waals surface area contributed by atoms with Gasteiger partial charge in [0.1, 0.15) is 0 Å². The van der Waals surface area contributed by atoms with Gasteiger partial charge in [-0.25, -0.2) is 0 Å². The number of aryl methyl sites for hydroxylation is 1. The third kappa shape index (κ3) is 3.67. The first kappa shape index (κ1) is 12.2. The molecule has 0 aliphatic heterocycles. The summed E-state index contributed by atoms with van der Waals surface area (Å²) in [6.45, 7) is 9.81. The van der Waals surface area contributed by atoms with Crippen LogP contribution in [-0.2, 0) is 0 Å². The van der Waals surface area contributed by atoms with E-state index in [1.54, 1.807) is 0 Å². The summed E-state index contributed by atoms with van der Waals surface area (Å²) in [5.41, 5.74) is 1.22. The third-order valence-corrected chi connectivity index (χ3v) is 2.87. The van der Waals surface area contributed by atoms with Crippen molar-refractivity contribution in [3.63, 3.8) is 0 Å². The summed E-state index contributed by atoms with van der Waals surface area (Å²) in [6.07, 6.45) is 6.50. The average Bonchev–Trinajstić information content (AvgIpc) is 2.64. The van der Waals surface area contributed by atoms with Gasteiger partial charge in [0.05, 0.1) is 12.2 Å². The first-order valence-corrected chi connectivity index (χ1v) is 5.89. The van der Waals surface area contributed by atoms with Crippen LogP contribution in [0.25, 0.3) is 0 Å². The van der Waals surface area contributed by atoms with Gasteiger partial charge in [0.15, 0.2) is 0 Å². The second-order valence-electron chi connectivity index (χ2n) is 4.33. The highest BCUT2D eigenvalue weighted by atomic mass is 15.3. The van der Waals surface area contributed by atoms with Gasteiger partial charge in [0, 0.05) is 12.2 Å². The van der Waals surface area contributed by atoms with E-state index in [1.807, 2.05) is 10.9 Å². The lowest BCUT2D eigenvalue weighted by atomic mass is 10.1. The molecule has 1 aromatic heterocycles. The Morgan fingerprint density at radius 3 is 2.73 bits per heavy atom. The maximum Gasteiger partial charge on any atom is 0.0641 e. The first-order chi connectivity index (χ1) is 7.15. The zero-order chi connectivity index (χ0) is 11.3. The molecule has 0 aromatic carbocycles. The van der Waals surface area contributed by atoms with Crippen molar-refractivity contribution in [2.75, 3.05) is 6.54 Å². The Hall–Kier alpha value is -0.830. The summed E-state index contributed by atoms with van der Waals surface area (Å²) in [5, 5.41) is 7.87. The van der Waals surface area contributed by atoms with Crippen LogP contribution in [0.5, 0.6) is 0 Å². The van der Waals surface area contributed by atoms with Crippen molar-refractivity contribution in [1.29, 1.82) is 0 Å². The van der Waals surface area contributed by atoms with Crippen LogP contribution < -0.4 is 5.32 Å². The first-order valence-electron chi connectivity index (χ1n) is 5.89. The molecule has 0 unspecified atom stereocenters. The maximum absolute atomic E-state index is 4.34. The van der Waals surface area contributed by atoms with Gasteiger partial charge in [-0.3, -0.25) is 4.68 Å². The summed E-state index contributed by atoms with van der Waals surface area (Å²) in [6, 6.07) is 0.881. The zero-order valence-electron chi connectivity index (χ0n) is 10.3. The second-order valence-corrected chi connectivity index (χ2v) is 4.33. The van der Waals surface area contributed by atoms with Crippen molar-refractivity contribution in [1.82, 2.24) is 15.1 Å². The van der Waals surface area contributed by atoms with Crippen LogP contribution >= 0.6 is 0 Å². The van der Waals surface area contributed by atoms with Crippen LogP contribution in [0.2, 0.25) is 0 Å². The standard InChI is InChI=1S/C12H23N3/c1-5-6-7-13-11(3)12(4)15-9-10(2)8-14-15/h8-9,11-13H,5-7H2,1-4H3/t11-,12+/m1/s1. The normalized spacial score (nSPS) is 15.2. The summed E-state index contributed by atoms with van der Waals surface area (Å²) >= 11 is 0. The molecule has 0 amide bonds. The minimum atomic E-state index is 0.413. The lowest BCUT2D eigenvalue weighted by molar-refractivity contribution is 0.364. The Labute approximate surface area is 92.9 Å². The van der Waals surface area contributed by atoms with Gasteiger partial charge >= 0.3 is 0 Å². The highest BCUT2D eigenvalue weighted by Crippen LogP contribution is 2.10. The average molecular weight is 209 g/mol. The summed E-state index contributed by atoms with van der Waals surface area (Å²) < 4.78 is 2.04. The van der Waals surface area contributed by atoms with Crippen LogP contribution in [0.15, 0.2) is 12.4 Å². The molecule has 1 aromatic rings. The lowest BCUT2D eigenvalue weighted by Gasteiger charge is -2.21. The smallest absolute Gasteiger partial charge is 0.0641 e. The van der Waals surface area contributed by atoms with Crippen molar-refractivity contribution in [3.05, 3.63) is 18.0 Å². The molecule has 0 saturated carbocycles. The molecular formula is C12H23N3. The predicted octanol–water partition coefficient (Wildman–Crippen LogP) is 2.53. The molecule has 1 heterocycles. The second kappa shape index (κ2) is 5.91. The fraction of sp³-hybridized carbons (Fsp3) is 0.750. The van der Waals surface area contributed by atoms with Gasteiger partial charge in [-0.1, -0.05) is 13.3 Å².